The lowest BCUT2D eigenvalue weighted by Crippen LogP contribution is -2.36. The van der Waals surface area contributed by atoms with Gasteiger partial charge in [-0.2, -0.15) is 0 Å². The molecule has 154 valence electrons. The van der Waals surface area contributed by atoms with Crippen molar-refractivity contribution in [2.24, 2.45) is 5.16 Å². The van der Waals surface area contributed by atoms with Crippen LogP contribution in [-0.2, 0) is 11.2 Å². The average Bonchev–Trinajstić information content (AvgIpc) is 3.27. The molecule has 1 aliphatic rings. The highest BCUT2D eigenvalue weighted by molar-refractivity contribution is 7.17. The van der Waals surface area contributed by atoms with E-state index in [4.69, 9.17) is 9.15 Å². The van der Waals surface area contributed by atoms with Gasteiger partial charge in [0, 0.05) is 40.8 Å². The Bertz CT molecular complexity index is 1240. The van der Waals surface area contributed by atoms with Crippen LogP contribution in [-0.4, -0.2) is 47.9 Å². The predicted octanol–water partition coefficient (Wildman–Crippen LogP) is 4.26. The van der Waals surface area contributed by atoms with Crippen LogP contribution in [0, 0.1) is 0 Å². The molecule has 0 radical (unpaired) electrons. The van der Waals surface area contributed by atoms with Crippen LogP contribution in [0.3, 0.4) is 0 Å². The highest BCUT2D eigenvalue weighted by Crippen LogP contribution is 2.27. The molecule has 0 aliphatic carbocycles. The lowest BCUT2D eigenvalue weighted by atomic mass is 10.1. The minimum atomic E-state index is 0.485. The summed E-state index contributed by atoms with van der Waals surface area (Å²) in [6.45, 7) is 4.76. The molecular formula is C23H23N3O3S. The minimum Gasteiger partial charge on any atom is -0.454 e. The zero-order chi connectivity index (χ0) is 20.3. The first kappa shape index (κ1) is 19.2. The Morgan fingerprint density at radius 2 is 2.03 bits per heavy atom. The van der Waals surface area contributed by atoms with Crippen LogP contribution in [0.15, 0.2) is 57.5 Å². The summed E-state index contributed by atoms with van der Waals surface area (Å²) >= 11 is 1.67. The van der Waals surface area contributed by atoms with Gasteiger partial charge in [0.25, 0.3) is 0 Å². The molecule has 1 aromatic carbocycles. The molecule has 3 aromatic heterocycles. The third kappa shape index (κ3) is 3.96. The Morgan fingerprint density at radius 1 is 1.13 bits per heavy atom. The number of fused-ring (bicyclic) bond motifs is 2. The van der Waals surface area contributed by atoms with Crippen molar-refractivity contribution in [3.8, 4) is 11.5 Å². The van der Waals surface area contributed by atoms with Crippen LogP contribution in [0.2, 0.25) is 0 Å². The lowest BCUT2D eigenvalue weighted by Gasteiger charge is -2.26. The molecule has 5 rings (SSSR count). The molecule has 0 amide bonds. The largest absolute Gasteiger partial charge is 0.454 e. The molecule has 0 atom stereocenters. The van der Waals surface area contributed by atoms with E-state index in [0.29, 0.717) is 16.7 Å². The van der Waals surface area contributed by atoms with Crippen molar-refractivity contribution in [1.29, 1.82) is 0 Å². The number of rotatable bonds is 5. The van der Waals surface area contributed by atoms with Crippen molar-refractivity contribution in [3.05, 3.63) is 58.9 Å². The van der Waals surface area contributed by atoms with Gasteiger partial charge < -0.3 is 14.4 Å². The van der Waals surface area contributed by atoms with Gasteiger partial charge >= 0.3 is 0 Å². The molecule has 0 bridgehead atoms. The molecule has 1 fully saturated rings. The molecule has 0 unspecified atom stereocenters. The van der Waals surface area contributed by atoms with Crippen LogP contribution in [0.1, 0.15) is 12.0 Å². The standard InChI is InChI=1S/C23H23N3O3S/c27-25-19-13-22(20-14-23-17(15-24-20)5-11-30-23)29-21-12-16(3-4-18(19)21)2-1-6-26-7-9-28-10-8-26/h3-5,11-15,27H,1-2,6-10H2. The van der Waals surface area contributed by atoms with Crippen LogP contribution >= 0.6 is 11.3 Å². The van der Waals surface area contributed by atoms with Crippen LogP contribution in [0.25, 0.3) is 32.5 Å². The van der Waals surface area contributed by atoms with Crippen LogP contribution in [0.4, 0.5) is 0 Å². The molecule has 1 N–H and O–H groups in total. The summed E-state index contributed by atoms with van der Waals surface area (Å²) in [6, 6.07) is 11.9. The van der Waals surface area contributed by atoms with E-state index in [-0.39, 0.29) is 0 Å². The Kier molecular flexibility index (Phi) is 5.48. The zero-order valence-electron chi connectivity index (χ0n) is 16.6. The fraction of sp³-hybridized carbons (Fsp3) is 0.304. The number of aryl methyl sites for hydroxylation is 1. The van der Waals surface area contributed by atoms with Crippen molar-refractivity contribution >= 4 is 32.4 Å². The van der Waals surface area contributed by atoms with Crippen LogP contribution < -0.4 is 5.36 Å². The predicted molar refractivity (Wildman–Crippen MR) is 118 cm³/mol. The minimum absolute atomic E-state index is 0.485. The van der Waals surface area contributed by atoms with E-state index in [1.807, 2.05) is 29.8 Å². The third-order valence-corrected chi connectivity index (χ3v) is 6.43. The van der Waals surface area contributed by atoms with Crippen molar-refractivity contribution in [3.63, 3.8) is 0 Å². The fourth-order valence-electron chi connectivity index (χ4n) is 3.90. The zero-order valence-corrected chi connectivity index (χ0v) is 17.4. The van der Waals surface area contributed by atoms with Gasteiger partial charge in [0.2, 0.25) is 0 Å². The van der Waals surface area contributed by atoms with Crippen LogP contribution in [0.5, 0.6) is 0 Å². The number of pyridine rings is 1. The number of ether oxygens (including phenoxy) is 1. The summed E-state index contributed by atoms with van der Waals surface area (Å²) in [4.78, 5) is 6.98. The van der Waals surface area contributed by atoms with E-state index >= 15 is 0 Å². The maximum Gasteiger partial charge on any atom is 0.155 e. The molecule has 1 saturated heterocycles. The number of nitrogens with zero attached hydrogens (tertiary/aromatic N) is 3. The first-order chi connectivity index (χ1) is 14.8. The van der Waals surface area contributed by atoms with Gasteiger partial charge in [-0.15, -0.1) is 11.3 Å². The molecule has 7 heteroatoms. The van der Waals surface area contributed by atoms with Crippen molar-refractivity contribution < 1.29 is 14.4 Å². The summed E-state index contributed by atoms with van der Waals surface area (Å²) in [7, 11) is 0. The van der Waals surface area contributed by atoms with Gasteiger partial charge in [-0.25, -0.2) is 0 Å². The highest BCUT2D eigenvalue weighted by Gasteiger charge is 2.11. The van der Waals surface area contributed by atoms with E-state index in [1.54, 1.807) is 17.4 Å². The molecular weight excluding hydrogens is 398 g/mol. The monoisotopic (exact) mass is 421 g/mol. The molecule has 0 saturated carbocycles. The number of benzene rings is 1. The summed E-state index contributed by atoms with van der Waals surface area (Å²) < 4.78 is 12.8. The van der Waals surface area contributed by atoms with Gasteiger partial charge in [0.15, 0.2) is 5.76 Å². The first-order valence-electron chi connectivity index (χ1n) is 10.2. The highest BCUT2D eigenvalue weighted by atomic mass is 32.1. The SMILES string of the molecule is ON=c1cc(-c2cc3sccc3cn2)oc2cc(CCCN3CCOCC3)ccc12. The smallest absolute Gasteiger partial charge is 0.155 e. The Labute approximate surface area is 178 Å². The average molecular weight is 422 g/mol. The van der Waals surface area contributed by atoms with Gasteiger partial charge in [-0.3, -0.25) is 9.88 Å². The van der Waals surface area contributed by atoms with Crippen molar-refractivity contribution in [1.82, 2.24) is 9.88 Å². The number of hydrogen-bond donors (Lipinski definition) is 1. The van der Waals surface area contributed by atoms with Crippen molar-refractivity contribution in [2.75, 3.05) is 32.8 Å². The third-order valence-electron chi connectivity index (χ3n) is 5.55. The summed E-state index contributed by atoms with van der Waals surface area (Å²) in [5.41, 5.74) is 2.65. The lowest BCUT2D eigenvalue weighted by molar-refractivity contribution is 0.0375. The second-order valence-electron chi connectivity index (χ2n) is 7.51. The molecule has 0 spiro atoms. The van der Waals surface area contributed by atoms with Gasteiger partial charge in [0.1, 0.15) is 16.6 Å². The normalized spacial score (nSPS) is 15.9. The quantitative estimate of drug-likeness (QED) is 0.385. The Hall–Kier alpha value is -2.74. The molecule has 6 nitrogen and oxygen atoms in total. The Morgan fingerprint density at radius 3 is 2.90 bits per heavy atom. The van der Waals surface area contributed by atoms with E-state index in [0.717, 1.165) is 66.9 Å². The van der Waals surface area contributed by atoms with Crippen molar-refractivity contribution in [2.45, 2.75) is 12.8 Å². The number of thiophene rings is 1. The maximum absolute atomic E-state index is 9.55. The van der Waals surface area contributed by atoms with Gasteiger partial charge in [-0.1, -0.05) is 11.2 Å². The molecule has 1 aliphatic heterocycles. The molecule has 30 heavy (non-hydrogen) atoms. The van der Waals surface area contributed by atoms with E-state index in [1.165, 1.54) is 5.56 Å². The van der Waals surface area contributed by atoms with E-state index in [2.05, 4.69) is 27.2 Å². The Balaban J connectivity index is 1.43. The van der Waals surface area contributed by atoms with Gasteiger partial charge in [0.05, 0.1) is 13.2 Å². The second kappa shape index (κ2) is 8.55. The second-order valence-corrected chi connectivity index (χ2v) is 8.46. The number of aromatic nitrogens is 1. The summed E-state index contributed by atoms with van der Waals surface area (Å²) in [5.74, 6) is 0.594. The number of morpholine rings is 1. The topological polar surface area (TPSA) is 71.1 Å². The number of hydrogen-bond acceptors (Lipinski definition) is 7. The molecule has 4 heterocycles. The van der Waals surface area contributed by atoms with E-state index in [9.17, 15) is 5.21 Å². The first-order valence-corrected chi connectivity index (χ1v) is 11.1. The van der Waals surface area contributed by atoms with E-state index < -0.39 is 0 Å². The fourth-order valence-corrected chi connectivity index (χ4v) is 4.70. The van der Waals surface area contributed by atoms with Gasteiger partial charge in [-0.05, 0) is 54.6 Å². The summed E-state index contributed by atoms with van der Waals surface area (Å²) in [6.07, 6.45) is 3.90. The summed E-state index contributed by atoms with van der Waals surface area (Å²) in [5, 5.41) is 17.5. The molecule has 4 aromatic rings. The maximum atomic E-state index is 9.55.